The highest BCUT2D eigenvalue weighted by molar-refractivity contribution is 5.27. The fourth-order valence-electron chi connectivity index (χ4n) is 2.57. The Morgan fingerprint density at radius 3 is 2.16 bits per heavy atom. The van der Waals surface area contributed by atoms with E-state index in [1.807, 2.05) is 0 Å². The fraction of sp³-hybridized carbons (Fsp3) is 0.750. The molecule has 1 heterocycles. The standard InChI is InChI=1S/C16H27N3/c1-4-14-13(9-10-17-6-3)15(5-2)19-16(18-14)11-12-7-8-12/h12,17H,4-11H2,1-3H3. The molecule has 106 valence electrons. The van der Waals surface area contributed by atoms with Gasteiger partial charge in [0.05, 0.1) is 0 Å². The maximum Gasteiger partial charge on any atom is 0.129 e. The van der Waals surface area contributed by atoms with Crippen LogP contribution in [0, 0.1) is 5.92 Å². The lowest BCUT2D eigenvalue weighted by Gasteiger charge is -2.14. The van der Waals surface area contributed by atoms with Crippen LogP contribution in [0.4, 0.5) is 0 Å². The largest absolute Gasteiger partial charge is 0.317 e. The van der Waals surface area contributed by atoms with Crippen molar-refractivity contribution in [2.75, 3.05) is 13.1 Å². The number of aromatic nitrogens is 2. The van der Waals surface area contributed by atoms with Gasteiger partial charge >= 0.3 is 0 Å². The maximum atomic E-state index is 4.82. The minimum atomic E-state index is 0.863. The second-order valence-electron chi connectivity index (χ2n) is 5.47. The molecule has 0 aromatic carbocycles. The molecule has 1 aromatic rings. The molecule has 0 atom stereocenters. The molecule has 1 saturated carbocycles. The molecule has 0 unspecified atom stereocenters. The quantitative estimate of drug-likeness (QED) is 0.731. The summed E-state index contributed by atoms with van der Waals surface area (Å²) in [5.41, 5.74) is 3.95. The Balaban J connectivity index is 2.17. The molecule has 0 aliphatic heterocycles. The van der Waals surface area contributed by atoms with Gasteiger partial charge in [-0.3, -0.25) is 0 Å². The smallest absolute Gasteiger partial charge is 0.129 e. The van der Waals surface area contributed by atoms with Gasteiger partial charge in [0.1, 0.15) is 5.82 Å². The first-order valence-electron chi connectivity index (χ1n) is 7.86. The molecule has 1 fully saturated rings. The monoisotopic (exact) mass is 261 g/mol. The molecule has 19 heavy (non-hydrogen) atoms. The van der Waals surface area contributed by atoms with E-state index in [9.17, 15) is 0 Å². The van der Waals surface area contributed by atoms with Crippen LogP contribution in [0.25, 0.3) is 0 Å². The van der Waals surface area contributed by atoms with E-state index in [4.69, 9.17) is 9.97 Å². The van der Waals surface area contributed by atoms with E-state index in [-0.39, 0.29) is 0 Å². The second kappa shape index (κ2) is 6.99. The molecular weight excluding hydrogens is 234 g/mol. The summed E-state index contributed by atoms with van der Waals surface area (Å²) in [6, 6.07) is 0. The average Bonchev–Trinajstić information content (AvgIpc) is 3.23. The fourth-order valence-corrected chi connectivity index (χ4v) is 2.57. The summed E-state index contributed by atoms with van der Waals surface area (Å²) < 4.78 is 0. The van der Waals surface area contributed by atoms with Gasteiger partial charge in [-0.25, -0.2) is 9.97 Å². The number of hydrogen-bond acceptors (Lipinski definition) is 3. The summed E-state index contributed by atoms with van der Waals surface area (Å²) in [6.45, 7) is 8.63. The zero-order valence-electron chi connectivity index (χ0n) is 12.6. The van der Waals surface area contributed by atoms with Gasteiger partial charge in [-0.2, -0.15) is 0 Å². The minimum absolute atomic E-state index is 0.863. The predicted molar refractivity (Wildman–Crippen MR) is 79.5 cm³/mol. The number of nitrogens with zero attached hydrogens (tertiary/aromatic N) is 2. The van der Waals surface area contributed by atoms with E-state index in [1.54, 1.807) is 0 Å². The molecule has 0 amide bonds. The minimum Gasteiger partial charge on any atom is -0.317 e. The van der Waals surface area contributed by atoms with Crippen molar-refractivity contribution in [3.8, 4) is 0 Å². The first-order chi connectivity index (χ1) is 9.28. The first kappa shape index (κ1) is 14.4. The number of hydrogen-bond donors (Lipinski definition) is 1. The molecule has 2 rings (SSSR count). The van der Waals surface area contributed by atoms with Gasteiger partial charge in [0.15, 0.2) is 0 Å². The number of rotatable bonds is 8. The maximum absolute atomic E-state index is 4.82. The normalized spacial score (nSPS) is 14.9. The molecule has 0 spiro atoms. The van der Waals surface area contributed by atoms with Crippen molar-refractivity contribution in [3.05, 3.63) is 22.8 Å². The van der Waals surface area contributed by atoms with Crippen molar-refractivity contribution in [1.82, 2.24) is 15.3 Å². The van der Waals surface area contributed by atoms with E-state index >= 15 is 0 Å². The summed E-state index contributed by atoms with van der Waals surface area (Å²) in [4.78, 5) is 9.64. The van der Waals surface area contributed by atoms with Gasteiger partial charge in [-0.05, 0) is 56.7 Å². The van der Waals surface area contributed by atoms with Crippen molar-refractivity contribution >= 4 is 0 Å². The third-order valence-corrected chi connectivity index (χ3v) is 3.86. The highest BCUT2D eigenvalue weighted by Crippen LogP contribution is 2.32. The molecule has 1 N–H and O–H groups in total. The van der Waals surface area contributed by atoms with Gasteiger partial charge in [0.2, 0.25) is 0 Å². The lowest BCUT2D eigenvalue weighted by molar-refractivity contribution is 0.687. The molecule has 3 heteroatoms. The SMILES string of the molecule is CCNCCc1c(CC)nc(CC2CC2)nc1CC. The first-order valence-corrected chi connectivity index (χ1v) is 7.86. The van der Waals surface area contributed by atoms with Crippen molar-refractivity contribution in [1.29, 1.82) is 0 Å². The molecule has 0 bridgehead atoms. The average molecular weight is 261 g/mol. The van der Waals surface area contributed by atoms with Crippen molar-refractivity contribution in [2.24, 2.45) is 5.92 Å². The van der Waals surface area contributed by atoms with Crippen LogP contribution in [-0.2, 0) is 25.7 Å². The Morgan fingerprint density at radius 2 is 1.68 bits per heavy atom. The summed E-state index contributed by atoms with van der Waals surface area (Å²) >= 11 is 0. The van der Waals surface area contributed by atoms with Gasteiger partial charge in [-0.15, -0.1) is 0 Å². The Kier molecular flexibility index (Phi) is 5.32. The lowest BCUT2D eigenvalue weighted by Crippen LogP contribution is -2.19. The van der Waals surface area contributed by atoms with Gasteiger partial charge in [0.25, 0.3) is 0 Å². The molecule has 3 nitrogen and oxygen atoms in total. The Bertz CT molecular complexity index is 385. The van der Waals surface area contributed by atoms with E-state index in [0.29, 0.717) is 0 Å². The molecule has 0 radical (unpaired) electrons. The molecule has 1 aliphatic carbocycles. The molecular formula is C16H27N3. The van der Waals surface area contributed by atoms with Gasteiger partial charge < -0.3 is 5.32 Å². The predicted octanol–water partition coefficient (Wildman–Crippen LogP) is 2.71. The molecule has 0 saturated heterocycles. The Labute approximate surface area is 117 Å². The zero-order valence-corrected chi connectivity index (χ0v) is 12.6. The van der Waals surface area contributed by atoms with Gasteiger partial charge in [-0.1, -0.05) is 20.8 Å². The topological polar surface area (TPSA) is 37.8 Å². The van der Waals surface area contributed by atoms with Crippen LogP contribution in [0.5, 0.6) is 0 Å². The highest BCUT2D eigenvalue weighted by Gasteiger charge is 2.23. The zero-order chi connectivity index (χ0) is 13.7. The van der Waals surface area contributed by atoms with Crippen molar-refractivity contribution in [3.63, 3.8) is 0 Å². The summed E-state index contributed by atoms with van der Waals surface area (Å²) in [5, 5.41) is 3.40. The van der Waals surface area contributed by atoms with Crippen LogP contribution < -0.4 is 5.32 Å². The third kappa shape index (κ3) is 4.00. The van der Waals surface area contributed by atoms with Crippen LogP contribution in [0.15, 0.2) is 0 Å². The Hall–Kier alpha value is -0.960. The second-order valence-corrected chi connectivity index (χ2v) is 5.47. The number of likely N-dealkylation sites (N-methyl/N-ethyl adjacent to an activating group) is 1. The van der Waals surface area contributed by atoms with Crippen molar-refractivity contribution < 1.29 is 0 Å². The summed E-state index contributed by atoms with van der Waals surface area (Å²) in [6.07, 6.45) is 6.93. The van der Waals surface area contributed by atoms with Crippen LogP contribution in [0.3, 0.4) is 0 Å². The highest BCUT2D eigenvalue weighted by atomic mass is 14.9. The number of nitrogens with one attached hydrogen (secondary N) is 1. The summed E-state index contributed by atoms with van der Waals surface area (Å²) in [5.74, 6) is 1.95. The van der Waals surface area contributed by atoms with Crippen LogP contribution in [0.1, 0.15) is 56.4 Å². The van der Waals surface area contributed by atoms with E-state index in [0.717, 1.165) is 50.5 Å². The molecule has 1 aliphatic rings. The van der Waals surface area contributed by atoms with E-state index < -0.39 is 0 Å². The Morgan fingerprint density at radius 1 is 1.05 bits per heavy atom. The van der Waals surface area contributed by atoms with E-state index in [1.165, 1.54) is 29.8 Å². The molecule has 1 aromatic heterocycles. The van der Waals surface area contributed by atoms with Crippen LogP contribution in [0.2, 0.25) is 0 Å². The van der Waals surface area contributed by atoms with Gasteiger partial charge in [0, 0.05) is 17.8 Å². The van der Waals surface area contributed by atoms with Crippen molar-refractivity contribution in [2.45, 2.75) is 59.3 Å². The number of aryl methyl sites for hydroxylation is 2. The van der Waals surface area contributed by atoms with E-state index in [2.05, 4.69) is 26.1 Å². The lowest BCUT2D eigenvalue weighted by atomic mass is 10.0. The summed E-state index contributed by atoms with van der Waals surface area (Å²) in [7, 11) is 0. The van der Waals surface area contributed by atoms with Crippen LogP contribution >= 0.6 is 0 Å². The van der Waals surface area contributed by atoms with Crippen LogP contribution in [-0.4, -0.2) is 23.1 Å². The third-order valence-electron chi connectivity index (χ3n) is 3.86.